The van der Waals surface area contributed by atoms with Crippen molar-refractivity contribution in [1.29, 1.82) is 0 Å². The van der Waals surface area contributed by atoms with Crippen molar-refractivity contribution in [3.63, 3.8) is 0 Å². The molecular weight excluding hydrogens is 262 g/mol. The number of benzene rings is 1. The van der Waals surface area contributed by atoms with E-state index in [0.717, 1.165) is 17.9 Å². The molecule has 0 aliphatic rings. The summed E-state index contributed by atoms with van der Waals surface area (Å²) in [6.45, 7) is 6.93. The smallest absolute Gasteiger partial charge is 0.239 e. The van der Waals surface area contributed by atoms with Crippen LogP contribution in [-0.2, 0) is 6.42 Å². The van der Waals surface area contributed by atoms with Gasteiger partial charge in [0.05, 0.1) is 12.3 Å². The molecule has 4 nitrogen and oxygen atoms in total. The van der Waals surface area contributed by atoms with E-state index in [1.54, 1.807) is 0 Å². The van der Waals surface area contributed by atoms with Crippen molar-refractivity contribution in [2.45, 2.75) is 27.2 Å². The van der Waals surface area contributed by atoms with Crippen LogP contribution in [0.2, 0.25) is 0 Å². The Bertz CT molecular complexity index is 579. The topological polar surface area (TPSA) is 60.2 Å². The summed E-state index contributed by atoms with van der Waals surface area (Å²) in [5.41, 5.74) is 8.76. The van der Waals surface area contributed by atoms with Gasteiger partial charge in [-0.1, -0.05) is 32.9 Å². The van der Waals surface area contributed by atoms with E-state index in [2.05, 4.69) is 43.2 Å². The Kier molecular flexibility index (Phi) is 5.04. The summed E-state index contributed by atoms with van der Waals surface area (Å²) < 4.78 is 5.64. The van der Waals surface area contributed by atoms with E-state index in [-0.39, 0.29) is 0 Å². The zero-order valence-corrected chi connectivity index (χ0v) is 12.9. The number of aryl methyl sites for hydroxylation is 1. The summed E-state index contributed by atoms with van der Waals surface area (Å²) in [6.07, 6.45) is 1.04. The number of ether oxygens (including phenoxy) is 1. The lowest BCUT2D eigenvalue weighted by Gasteiger charge is -2.12. The number of nitrogens with zero attached hydrogens (tertiary/aromatic N) is 1. The number of anilines is 3. The third-order valence-electron chi connectivity index (χ3n) is 3.08. The minimum absolute atomic E-state index is 0.435. The summed E-state index contributed by atoms with van der Waals surface area (Å²) in [4.78, 5) is 4.42. The molecule has 4 heteroatoms. The van der Waals surface area contributed by atoms with Gasteiger partial charge in [-0.2, -0.15) is 4.98 Å². The first-order valence-corrected chi connectivity index (χ1v) is 7.33. The first-order chi connectivity index (χ1) is 10.1. The van der Waals surface area contributed by atoms with Crippen molar-refractivity contribution in [2.24, 2.45) is 5.92 Å². The summed E-state index contributed by atoms with van der Waals surface area (Å²) >= 11 is 0. The molecule has 3 N–H and O–H groups in total. The summed E-state index contributed by atoms with van der Waals surface area (Å²) in [6, 6.07) is 12.0. The lowest BCUT2D eigenvalue weighted by molar-refractivity contribution is 0.263. The van der Waals surface area contributed by atoms with Gasteiger partial charge in [0.1, 0.15) is 5.82 Å². The number of pyridine rings is 1. The molecule has 1 aromatic carbocycles. The molecule has 21 heavy (non-hydrogen) atoms. The van der Waals surface area contributed by atoms with Gasteiger partial charge in [-0.25, -0.2) is 0 Å². The van der Waals surface area contributed by atoms with Gasteiger partial charge in [0, 0.05) is 5.69 Å². The van der Waals surface area contributed by atoms with E-state index in [1.807, 2.05) is 24.3 Å². The minimum atomic E-state index is 0.435. The molecule has 0 fully saturated rings. The fourth-order valence-electron chi connectivity index (χ4n) is 1.85. The van der Waals surface area contributed by atoms with E-state index in [4.69, 9.17) is 10.5 Å². The van der Waals surface area contributed by atoms with E-state index in [1.165, 1.54) is 5.56 Å². The maximum atomic E-state index is 5.89. The second-order valence-corrected chi connectivity index (χ2v) is 5.47. The number of rotatable bonds is 6. The molecule has 0 saturated heterocycles. The lowest BCUT2D eigenvalue weighted by atomic mass is 10.1. The molecular formula is C17H23N3O. The van der Waals surface area contributed by atoms with Gasteiger partial charge in [-0.3, -0.25) is 0 Å². The van der Waals surface area contributed by atoms with Crippen molar-refractivity contribution in [3.8, 4) is 5.88 Å². The highest BCUT2D eigenvalue weighted by molar-refractivity contribution is 5.60. The average Bonchev–Trinajstić information content (AvgIpc) is 2.48. The van der Waals surface area contributed by atoms with Crippen LogP contribution in [-0.4, -0.2) is 11.6 Å². The van der Waals surface area contributed by atoms with Crippen LogP contribution >= 0.6 is 0 Å². The fourth-order valence-corrected chi connectivity index (χ4v) is 1.85. The minimum Gasteiger partial charge on any atom is -0.476 e. The number of nitrogens with two attached hydrogens (primary N) is 1. The maximum absolute atomic E-state index is 5.89. The summed E-state index contributed by atoms with van der Waals surface area (Å²) in [5.74, 6) is 1.65. The van der Waals surface area contributed by atoms with Gasteiger partial charge < -0.3 is 15.8 Å². The lowest BCUT2D eigenvalue weighted by Crippen LogP contribution is -2.08. The van der Waals surface area contributed by atoms with Crippen molar-refractivity contribution >= 4 is 17.2 Å². The normalized spacial score (nSPS) is 10.7. The van der Waals surface area contributed by atoms with Crippen molar-refractivity contribution in [2.75, 3.05) is 17.7 Å². The quantitative estimate of drug-likeness (QED) is 0.842. The Morgan fingerprint density at radius 2 is 1.86 bits per heavy atom. The fraction of sp³-hybridized carbons (Fsp3) is 0.353. The van der Waals surface area contributed by atoms with Crippen LogP contribution in [0, 0.1) is 5.92 Å². The molecule has 1 heterocycles. The maximum Gasteiger partial charge on any atom is 0.239 e. The van der Waals surface area contributed by atoms with Crippen molar-refractivity contribution < 1.29 is 4.74 Å². The molecule has 0 radical (unpaired) electrons. The number of nitrogen functional groups attached to an aromatic ring is 1. The molecule has 0 amide bonds. The molecule has 0 bridgehead atoms. The van der Waals surface area contributed by atoms with Crippen LogP contribution in [0.4, 0.5) is 17.2 Å². The Hall–Kier alpha value is -2.23. The number of nitrogens with one attached hydrogen (secondary N) is 1. The Morgan fingerprint density at radius 1 is 1.14 bits per heavy atom. The first kappa shape index (κ1) is 15.2. The van der Waals surface area contributed by atoms with E-state index >= 15 is 0 Å². The highest BCUT2D eigenvalue weighted by atomic mass is 16.5. The molecule has 0 aliphatic heterocycles. The number of hydrogen-bond donors (Lipinski definition) is 2. The number of aromatic nitrogens is 1. The SMILES string of the molecule is CCc1ccc(Nc2ccc(N)c(OCC(C)C)n2)cc1. The molecule has 0 aliphatic carbocycles. The van der Waals surface area contributed by atoms with E-state index in [9.17, 15) is 0 Å². The highest BCUT2D eigenvalue weighted by Crippen LogP contribution is 2.23. The van der Waals surface area contributed by atoms with Gasteiger partial charge >= 0.3 is 0 Å². The van der Waals surface area contributed by atoms with E-state index in [0.29, 0.717) is 24.1 Å². The predicted molar refractivity (Wildman–Crippen MR) is 88.1 cm³/mol. The molecule has 2 aromatic rings. The average molecular weight is 285 g/mol. The zero-order chi connectivity index (χ0) is 15.2. The molecule has 0 saturated carbocycles. The van der Waals surface area contributed by atoms with Crippen LogP contribution < -0.4 is 15.8 Å². The molecule has 112 valence electrons. The van der Waals surface area contributed by atoms with Crippen LogP contribution in [0.15, 0.2) is 36.4 Å². The largest absolute Gasteiger partial charge is 0.476 e. The first-order valence-electron chi connectivity index (χ1n) is 7.33. The predicted octanol–water partition coefficient (Wildman–Crippen LogP) is 4.00. The Balaban J connectivity index is 2.10. The summed E-state index contributed by atoms with van der Waals surface area (Å²) in [7, 11) is 0. The van der Waals surface area contributed by atoms with Crippen LogP contribution in [0.1, 0.15) is 26.3 Å². The summed E-state index contributed by atoms with van der Waals surface area (Å²) in [5, 5.41) is 3.26. The van der Waals surface area contributed by atoms with Gasteiger partial charge in [0.2, 0.25) is 5.88 Å². The molecule has 0 atom stereocenters. The monoisotopic (exact) mass is 285 g/mol. The Morgan fingerprint density at radius 3 is 2.48 bits per heavy atom. The standard InChI is InChI=1S/C17H23N3O/c1-4-13-5-7-14(8-6-13)19-16-10-9-15(18)17(20-16)21-11-12(2)3/h5-10,12H,4,11,18H2,1-3H3,(H,19,20). The highest BCUT2D eigenvalue weighted by Gasteiger charge is 2.06. The van der Waals surface area contributed by atoms with E-state index < -0.39 is 0 Å². The van der Waals surface area contributed by atoms with Crippen LogP contribution in [0.5, 0.6) is 5.88 Å². The van der Waals surface area contributed by atoms with Gasteiger partial charge in [0.25, 0.3) is 0 Å². The van der Waals surface area contributed by atoms with Crippen LogP contribution in [0.25, 0.3) is 0 Å². The Labute approximate surface area is 126 Å². The molecule has 0 spiro atoms. The zero-order valence-electron chi connectivity index (χ0n) is 12.9. The molecule has 2 rings (SSSR count). The van der Waals surface area contributed by atoms with Crippen molar-refractivity contribution in [1.82, 2.24) is 4.98 Å². The third kappa shape index (κ3) is 4.38. The van der Waals surface area contributed by atoms with Crippen LogP contribution in [0.3, 0.4) is 0 Å². The van der Waals surface area contributed by atoms with Crippen molar-refractivity contribution in [3.05, 3.63) is 42.0 Å². The number of hydrogen-bond acceptors (Lipinski definition) is 4. The second-order valence-electron chi connectivity index (χ2n) is 5.47. The van der Waals surface area contributed by atoms with Gasteiger partial charge in [-0.15, -0.1) is 0 Å². The third-order valence-corrected chi connectivity index (χ3v) is 3.08. The van der Waals surface area contributed by atoms with Gasteiger partial charge in [0.15, 0.2) is 0 Å². The molecule has 1 aromatic heterocycles. The second kappa shape index (κ2) is 6.97. The molecule has 0 unspecified atom stereocenters. The van der Waals surface area contributed by atoms with Gasteiger partial charge in [-0.05, 0) is 42.2 Å².